The molecule has 5 nitrogen and oxygen atoms in total. The van der Waals surface area contributed by atoms with Crippen LogP contribution in [-0.4, -0.2) is 21.2 Å². The molecular weight excluding hydrogens is 242 g/mol. The monoisotopic (exact) mass is 259 g/mol. The zero-order chi connectivity index (χ0) is 13.1. The van der Waals surface area contributed by atoms with Gasteiger partial charge in [-0.25, -0.2) is 13.1 Å². The molecule has 0 bridgehead atoms. The highest BCUT2D eigenvalue weighted by Crippen LogP contribution is 2.18. The number of nitrogens with one attached hydrogen (secondary N) is 1. The Morgan fingerprint density at radius 2 is 2.00 bits per heavy atom. The summed E-state index contributed by atoms with van der Waals surface area (Å²) < 4.78 is 30.7. The number of furan rings is 1. The van der Waals surface area contributed by atoms with Gasteiger partial charge in [0.05, 0.1) is 0 Å². The summed E-state index contributed by atoms with van der Waals surface area (Å²) in [6.07, 6.45) is 1.18. The van der Waals surface area contributed by atoms with Crippen molar-refractivity contribution in [1.29, 1.82) is 0 Å². The number of carbonyl (C=O) groups excluding carboxylic acids is 1. The first-order valence-corrected chi connectivity index (χ1v) is 6.78. The van der Waals surface area contributed by atoms with Gasteiger partial charge in [0, 0.05) is 6.54 Å². The summed E-state index contributed by atoms with van der Waals surface area (Å²) in [4.78, 5) is 10.4. The lowest BCUT2D eigenvalue weighted by molar-refractivity contribution is 0.109. The van der Waals surface area contributed by atoms with Crippen molar-refractivity contribution in [2.45, 2.75) is 32.3 Å². The molecule has 0 aliphatic carbocycles. The minimum atomic E-state index is -3.65. The molecule has 1 heterocycles. The first kappa shape index (κ1) is 13.9. The second kappa shape index (κ2) is 5.01. The van der Waals surface area contributed by atoms with Crippen molar-refractivity contribution < 1.29 is 17.6 Å². The molecule has 0 saturated carbocycles. The highest BCUT2D eigenvalue weighted by Gasteiger charge is 2.19. The summed E-state index contributed by atoms with van der Waals surface area (Å²) in [5.41, 5.74) is 0.0552. The minimum absolute atomic E-state index is 0.00111. The summed E-state index contributed by atoms with van der Waals surface area (Å²) in [6.45, 7) is 6.42. The van der Waals surface area contributed by atoms with E-state index in [1.165, 1.54) is 12.1 Å². The van der Waals surface area contributed by atoms with Crippen LogP contribution in [0.1, 0.15) is 37.7 Å². The summed E-state index contributed by atoms with van der Waals surface area (Å²) in [6, 6.07) is 2.59. The number of hydrogen-bond acceptors (Lipinski definition) is 4. The normalized spacial score (nSPS) is 12.6. The largest absolute Gasteiger partial charge is 0.440 e. The van der Waals surface area contributed by atoms with Crippen LogP contribution in [0.2, 0.25) is 0 Å². The van der Waals surface area contributed by atoms with Crippen LogP contribution in [0.4, 0.5) is 0 Å². The highest BCUT2D eigenvalue weighted by molar-refractivity contribution is 7.89. The molecule has 96 valence electrons. The van der Waals surface area contributed by atoms with Crippen LogP contribution in [0.3, 0.4) is 0 Å². The summed E-state index contributed by atoms with van der Waals surface area (Å²) in [7, 11) is -3.65. The van der Waals surface area contributed by atoms with Crippen molar-refractivity contribution in [1.82, 2.24) is 4.72 Å². The Kier molecular flexibility index (Phi) is 4.11. The molecule has 1 aromatic heterocycles. The Hall–Kier alpha value is -1.14. The molecule has 0 unspecified atom stereocenters. The van der Waals surface area contributed by atoms with E-state index in [1.807, 2.05) is 20.8 Å². The number of aldehydes is 1. The highest BCUT2D eigenvalue weighted by atomic mass is 32.2. The van der Waals surface area contributed by atoms with E-state index in [2.05, 4.69) is 4.72 Å². The van der Waals surface area contributed by atoms with Crippen LogP contribution in [0.25, 0.3) is 0 Å². The average molecular weight is 259 g/mol. The Bertz CT molecular complexity index is 482. The molecule has 0 fully saturated rings. The molecule has 17 heavy (non-hydrogen) atoms. The summed E-state index contributed by atoms with van der Waals surface area (Å²) in [5, 5.41) is -0.228. The van der Waals surface area contributed by atoms with Crippen molar-refractivity contribution in [3.8, 4) is 0 Å². The quantitative estimate of drug-likeness (QED) is 0.818. The van der Waals surface area contributed by atoms with E-state index in [1.54, 1.807) is 0 Å². The molecule has 0 amide bonds. The van der Waals surface area contributed by atoms with E-state index in [0.717, 1.165) is 0 Å². The third-order valence-corrected chi connectivity index (χ3v) is 3.48. The number of rotatable bonds is 5. The standard InChI is InChI=1S/C11H17NO4S/c1-11(2,3)6-7-12-17(14,15)10-5-4-9(8-13)16-10/h4-5,8,12H,6-7H2,1-3H3. The number of hydrogen-bond donors (Lipinski definition) is 1. The molecule has 0 aliphatic rings. The lowest BCUT2D eigenvalue weighted by Crippen LogP contribution is -2.27. The second-order valence-corrected chi connectivity index (χ2v) is 6.68. The zero-order valence-corrected chi connectivity index (χ0v) is 11.0. The van der Waals surface area contributed by atoms with Gasteiger partial charge in [-0.1, -0.05) is 20.8 Å². The Labute approximate surface area is 101 Å². The smallest absolute Gasteiger partial charge is 0.273 e. The van der Waals surface area contributed by atoms with Gasteiger partial charge in [0.2, 0.25) is 5.09 Å². The molecule has 0 aliphatic heterocycles. The lowest BCUT2D eigenvalue weighted by Gasteiger charge is -2.17. The van der Waals surface area contributed by atoms with Gasteiger partial charge in [0.1, 0.15) is 0 Å². The van der Waals surface area contributed by atoms with Crippen LogP contribution in [0, 0.1) is 5.41 Å². The van der Waals surface area contributed by atoms with Crippen LogP contribution in [-0.2, 0) is 10.0 Å². The van der Waals surface area contributed by atoms with Gasteiger partial charge in [-0.05, 0) is 24.0 Å². The van der Waals surface area contributed by atoms with Crippen molar-refractivity contribution in [3.63, 3.8) is 0 Å². The van der Waals surface area contributed by atoms with E-state index in [0.29, 0.717) is 19.3 Å². The topological polar surface area (TPSA) is 76.4 Å². The van der Waals surface area contributed by atoms with E-state index in [9.17, 15) is 13.2 Å². The molecule has 6 heteroatoms. The maximum Gasteiger partial charge on any atom is 0.273 e. The van der Waals surface area contributed by atoms with Crippen molar-refractivity contribution >= 4 is 16.3 Å². The molecule has 0 atom stereocenters. The van der Waals surface area contributed by atoms with Crippen molar-refractivity contribution in [2.75, 3.05) is 6.54 Å². The van der Waals surface area contributed by atoms with Crippen LogP contribution in [0.15, 0.2) is 21.6 Å². The Morgan fingerprint density at radius 1 is 1.35 bits per heavy atom. The molecule has 1 N–H and O–H groups in total. The van der Waals surface area contributed by atoms with Crippen molar-refractivity contribution in [3.05, 3.63) is 17.9 Å². The molecule has 0 spiro atoms. The van der Waals surface area contributed by atoms with Gasteiger partial charge in [-0.15, -0.1) is 0 Å². The maximum absolute atomic E-state index is 11.7. The van der Waals surface area contributed by atoms with Crippen LogP contribution >= 0.6 is 0 Å². The Morgan fingerprint density at radius 3 is 2.47 bits per heavy atom. The van der Waals surface area contributed by atoms with Gasteiger partial charge in [-0.3, -0.25) is 4.79 Å². The average Bonchev–Trinajstić information content (AvgIpc) is 2.63. The van der Waals surface area contributed by atoms with Gasteiger partial charge < -0.3 is 4.42 Å². The van der Waals surface area contributed by atoms with Gasteiger partial charge in [0.15, 0.2) is 12.0 Å². The number of carbonyl (C=O) groups is 1. The van der Waals surface area contributed by atoms with Gasteiger partial charge in [-0.2, -0.15) is 0 Å². The SMILES string of the molecule is CC(C)(C)CCNS(=O)(=O)c1ccc(C=O)o1. The first-order chi connectivity index (χ1) is 7.74. The molecule has 0 saturated heterocycles. The van der Waals surface area contributed by atoms with Crippen molar-refractivity contribution in [2.24, 2.45) is 5.41 Å². The fraction of sp³-hybridized carbons (Fsp3) is 0.545. The summed E-state index contributed by atoms with van der Waals surface area (Å²) in [5.74, 6) is 0.00111. The molecule has 0 aromatic carbocycles. The molecule has 1 rings (SSSR count). The van der Waals surface area contributed by atoms with Gasteiger partial charge >= 0.3 is 0 Å². The minimum Gasteiger partial charge on any atom is -0.440 e. The predicted molar refractivity (Wildman–Crippen MR) is 63.4 cm³/mol. The molecule has 1 aromatic rings. The first-order valence-electron chi connectivity index (χ1n) is 5.29. The maximum atomic E-state index is 11.7. The van der Waals surface area contributed by atoms with E-state index < -0.39 is 10.0 Å². The third-order valence-electron chi connectivity index (χ3n) is 2.15. The van der Waals surface area contributed by atoms with Crippen LogP contribution in [0.5, 0.6) is 0 Å². The van der Waals surface area contributed by atoms with E-state index in [-0.39, 0.29) is 16.3 Å². The second-order valence-electron chi connectivity index (χ2n) is 4.98. The fourth-order valence-corrected chi connectivity index (χ4v) is 2.14. The number of sulfonamides is 1. The predicted octanol–water partition coefficient (Wildman–Crippen LogP) is 1.81. The third kappa shape index (κ3) is 4.32. The zero-order valence-electron chi connectivity index (χ0n) is 10.2. The van der Waals surface area contributed by atoms with Gasteiger partial charge in [0.25, 0.3) is 10.0 Å². The van der Waals surface area contributed by atoms with E-state index in [4.69, 9.17) is 4.42 Å². The Balaban J connectivity index is 2.66. The van der Waals surface area contributed by atoms with Crippen LogP contribution < -0.4 is 4.72 Å². The fourth-order valence-electron chi connectivity index (χ4n) is 1.17. The lowest BCUT2D eigenvalue weighted by atomic mass is 9.93. The molecular formula is C11H17NO4S. The van der Waals surface area contributed by atoms with E-state index >= 15 is 0 Å². The molecule has 0 radical (unpaired) electrons. The summed E-state index contributed by atoms with van der Waals surface area (Å²) >= 11 is 0.